The highest BCUT2D eigenvalue weighted by molar-refractivity contribution is 14.1. The summed E-state index contributed by atoms with van der Waals surface area (Å²) in [7, 11) is -1.87. The van der Waals surface area contributed by atoms with E-state index in [2.05, 4.69) is 123 Å². The molecule has 1 fully saturated rings. The molecular weight excluding hydrogens is 713 g/mol. The second-order valence-electron chi connectivity index (χ2n) is 14.9. The van der Waals surface area contributed by atoms with Crippen LogP contribution in [0, 0.1) is 16.7 Å². The minimum Gasteiger partial charge on any atom is -0.415 e. The summed E-state index contributed by atoms with van der Waals surface area (Å²) in [6.45, 7) is 18.8. The van der Waals surface area contributed by atoms with Crippen molar-refractivity contribution in [2.24, 2.45) is 5.41 Å². The van der Waals surface area contributed by atoms with Gasteiger partial charge in [0.1, 0.15) is 5.41 Å². The minimum atomic E-state index is -1.87. The molecule has 45 heavy (non-hydrogen) atoms. The lowest BCUT2D eigenvalue weighted by Gasteiger charge is -2.37. The number of aromatic nitrogens is 2. The van der Waals surface area contributed by atoms with Gasteiger partial charge in [-0.2, -0.15) is 10.4 Å². The van der Waals surface area contributed by atoms with Crippen LogP contribution in [0.1, 0.15) is 70.6 Å². The maximum atomic E-state index is 14.2. The molecule has 0 spiro atoms. The SMILES string of the molecule is CC(C)(C)C[C@@H]1N[C@@H](C(=O)Nc2ccn(CCO[Si](C)(C)C(C)(C)C)n2)[C@H](c2cccc(Cl)c2)[C@@]1(C#N)c1ccc(CI)cc1. The van der Waals surface area contributed by atoms with Crippen molar-refractivity contribution in [2.75, 3.05) is 11.9 Å². The van der Waals surface area contributed by atoms with Crippen LogP contribution in [-0.2, 0) is 25.6 Å². The minimum absolute atomic E-state index is 0.0998. The summed E-state index contributed by atoms with van der Waals surface area (Å²) in [6, 6.07) is 19.4. The Morgan fingerprint density at radius 3 is 2.42 bits per heavy atom. The maximum Gasteiger partial charge on any atom is 0.243 e. The van der Waals surface area contributed by atoms with Gasteiger partial charge in [-0.25, -0.2) is 0 Å². The molecule has 0 unspecified atom stereocenters. The Labute approximate surface area is 288 Å². The highest BCUT2D eigenvalue weighted by Crippen LogP contribution is 2.51. The summed E-state index contributed by atoms with van der Waals surface area (Å²) < 4.78 is 9.00. The third-order valence-electron chi connectivity index (χ3n) is 9.31. The van der Waals surface area contributed by atoms with E-state index in [1.165, 1.54) is 5.56 Å². The summed E-state index contributed by atoms with van der Waals surface area (Å²) in [6.07, 6.45) is 2.55. The molecule has 2 heterocycles. The predicted molar refractivity (Wildman–Crippen MR) is 194 cm³/mol. The molecule has 0 saturated carbocycles. The van der Waals surface area contributed by atoms with E-state index >= 15 is 0 Å². The van der Waals surface area contributed by atoms with Gasteiger partial charge in [0.15, 0.2) is 14.1 Å². The first-order valence-electron chi connectivity index (χ1n) is 15.6. The second-order valence-corrected chi connectivity index (χ2v) is 20.9. The van der Waals surface area contributed by atoms with E-state index in [1.54, 1.807) is 10.7 Å². The number of nitrogens with one attached hydrogen (secondary N) is 2. The van der Waals surface area contributed by atoms with Crippen LogP contribution >= 0.6 is 34.2 Å². The number of benzene rings is 2. The number of carbonyl (C=O) groups excluding carboxylic acids is 1. The van der Waals surface area contributed by atoms with Gasteiger partial charge in [-0.1, -0.05) is 112 Å². The number of rotatable bonds is 10. The van der Waals surface area contributed by atoms with Gasteiger partial charge in [-0.15, -0.1) is 0 Å². The van der Waals surface area contributed by atoms with Gasteiger partial charge in [0, 0.05) is 33.7 Å². The van der Waals surface area contributed by atoms with Crippen molar-refractivity contribution in [3.8, 4) is 6.07 Å². The Morgan fingerprint density at radius 1 is 1.16 bits per heavy atom. The highest BCUT2D eigenvalue weighted by Gasteiger charge is 2.59. The average molecular weight is 760 g/mol. The Hall–Kier alpha value is -2.23. The summed E-state index contributed by atoms with van der Waals surface area (Å²) in [5, 5.41) is 23.2. The number of amides is 1. The van der Waals surface area contributed by atoms with Crippen LogP contribution in [-0.4, -0.2) is 42.7 Å². The number of alkyl halides is 1. The molecule has 3 aromatic rings. The van der Waals surface area contributed by atoms with Crippen molar-refractivity contribution >= 4 is 54.2 Å². The smallest absolute Gasteiger partial charge is 0.243 e. The van der Waals surface area contributed by atoms with E-state index < -0.39 is 25.7 Å². The van der Waals surface area contributed by atoms with Gasteiger partial charge >= 0.3 is 0 Å². The molecule has 10 heteroatoms. The van der Waals surface area contributed by atoms with E-state index in [9.17, 15) is 10.1 Å². The number of hydrogen-bond donors (Lipinski definition) is 2. The summed E-state index contributed by atoms with van der Waals surface area (Å²) in [4.78, 5) is 14.2. The van der Waals surface area contributed by atoms with Gasteiger partial charge in [0.05, 0.1) is 25.3 Å². The van der Waals surface area contributed by atoms with Crippen molar-refractivity contribution in [3.05, 3.63) is 82.5 Å². The van der Waals surface area contributed by atoms with Crippen LogP contribution < -0.4 is 10.6 Å². The maximum absolute atomic E-state index is 14.2. The van der Waals surface area contributed by atoms with E-state index in [1.807, 2.05) is 30.5 Å². The lowest BCUT2D eigenvalue weighted by atomic mass is 9.63. The van der Waals surface area contributed by atoms with Gasteiger partial charge in [0.25, 0.3) is 0 Å². The van der Waals surface area contributed by atoms with Gasteiger partial charge < -0.3 is 15.1 Å². The first-order valence-corrected chi connectivity index (χ1v) is 20.4. The molecule has 1 amide bonds. The summed E-state index contributed by atoms with van der Waals surface area (Å²) >= 11 is 8.86. The molecule has 2 aromatic carbocycles. The van der Waals surface area contributed by atoms with Crippen molar-refractivity contribution in [2.45, 2.75) is 100 Å². The van der Waals surface area contributed by atoms with Crippen LogP contribution in [0.2, 0.25) is 23.2 Å². The molecule has 1 aromatic heterocycles. The zero-order valence-corrected chi connectivity index (χ0v) is 31.7. The first-order chi connectivity index (χ1) is 21.0. The monoisotopic (exact) mass is 759 g/mol. The third-order valence-corrected chi connectivity index (χ3v) is 15.0. The molecule has 0 aliphatic carbocycles. The van der Waals surface area contributed by atoms with Gasteiger partial charge in [-0.05, 0) is 58.8 Å². The second kappa shape index (κ2) is 13.9. The van der Waals surface area contributed by atoms with Gasteiger partial charge in [-0.3, -0.25) is 9.48 Å². The zero-order valence-electron chi connectivity index (χ0n) is 27.7. The Balaban J connectivity index is 1.68. The Bertz CT molecular complexity index is 1520. The molecular formula is C35H47ClIN5O2Si. The van der Waals surface area contributed by atoms with E-state index in [0.717, 1.165) is 15.6 Å². The van der Waals surface area contributed by atoms with Crippen molar-refractivity contribution in [1.29, 1.82) is 5.26 Å². The molecule has 7 nitrogen and oxygen atoms in total. The third kappa shape index (κ3) is 8.02. The molecule has 4 rings (SSSR count). The molecule has 1 aliphatic rings. The molecule has 1 saturated heterocycles. The molecule has 242 valence electrons. The number of halogens is 2. The van der Waals surface area contributed by atoms with Crippen LogP contribution in [0.3, 0.4) is 0 Å². The fraction of sp³-hybridized carbons (Fsp3) is 0.514. The highest BCUT2D eigenvalue weighted by atomic mass is 127. The van der Waals surface area contributed by atoms with Crippen molar-refractivity contribution in [3.63, 3.8) is 0 Å². The molecule has 0 bridgehead atoms. The lowest BCUT2D eigenvalue weighted by molar-refractivity contribution is -0.118. The van der Waals surface area contributed by atoms with E-state index in [0.29, 0.717) is 30.4 Å². The fourth-order valence-electron chi connectivity index (χ4n) is 5.97. The summed E-state index contributed by atoms with van der Waals surface area (Å²) in [5.74, 6) is -0.270. The summed E-state index contributed by atoms with van der Waals surface area (Å²) in [5.41, 5.74) is 1.80. The van der Waals surface area contributed by atoms with Crippen LogP contribution in [0.25, 0.3) is 0 Å². The quantitative estimate of drug-likeness (QED) is 0.123. The number of carbonyl (C=O) groups is 1. The van der Waals surface area contributed by atoms with Crippen LogP contribution in [0.15, 0.2) is 60.8 Å². The van der Waals surface area contributed by atoms with Crippen LogP contribution in [0.5, 0.6) is 0 Å². The van der Waals surface area contributed by atoms with Gasteiger partial charge in [0.2, 0.25) is 5.91 Å². The standard InChI is InChI=1S/C35H47ClIN5O2Si/c1-33(2,3)21-28-35(23-38,26-14-12-24(22-37)13-15-26)30(25-10-9-11-27(36)20-25)31(39-28)32(43)40-29-16-17-42(41-29)18-19-44-45(7,8)34(4,5)6/h9-17,20,28,30-31,39H,18-19,21-22H2,1-8H3,(H,40,41,43)/t28-,30-,31+,35-/m0/s1. The molecule has 0 radical (unpaired) electrons. The number of hydrogen-bond acceptors (Lipinski definition) is 5. The molecule has 1 aliphatic heterocycles. The number of anilines is 1. The average Bonchev–Trinajstić information content (AvgIpc) is 3.53. The zero-order chi connectivity index (χ0) is 33.2. The van der Waals surface area contributed by atoms with E-state index in [-0.39, 0.29) is 22.4 Å². The first kappa shape index (κ1) is 35.6. The molecule has 4 atom stereocenters. The lowest BCUT2D eigenvalue weighted by Crippen LogP contribution is -2.44. The van der Waals surface area contributed by atoms with Crippen molar-refractivity contribution < 1.29 is 9.22 Å². The van der Waals surface area contributed by atoms with Crippen molar-refractivity contribution in [1.82, 2.24) is 15.1 Å². The normalized spacial score (nSPS) is 22.3. The largest absolute Gasteiger partial charge is 0.415 e. The predicted octanol–water partition coefficient (Wildman–Crippen LogP) is 8.45. The Morgan fingerprint density at radius 2 is 1.84 bits per heavy atom. The van der Waals surface area contributed by atoms with Crippen LogP contribution in [0.4, 0.5) is 5.82 Å². The topological polar surface area (TPSA) is 92.0 Å². The number of nitrogens with zero attached hydrogens (tertiary/aromatic N) is 3. The fourth-order valence-corrected chi connectivity index (χ4v) is 7.71. The Kier molecular flexibility index (Phi) is 11.0. The van der Waals surface area contributed by atoms with E-state index in [4.69, 9.17) is 16.0 Å². The molecule has 2 N–H and O–H groups in total. The number of nitriles is 1.